The first-order valence-corrected chi connectivity index (χ1v) is 3.45. The average Bonchev–Trinajstić information content (AvgIpc) is 2.24. The van der Waals surface area contributed by atoms with Crippen LogP contribution in [0.2, 0.25) is 0 Å². The molecule has 9 heavy (non-hydrogen) atoms. The fourth-order valence-corrected chi connectivity index (χ4v) is 1.64. The van der Waals surface area contributed by atoms with Crippen LogP contribution in [0.3, 0.4) is 0 Å². The lowest BCUT2D eigenvalue weighted by molar-refractivity contribution is 0.391. The van der Waals surface area contributed by atoms with E-state index in [1.165, 1.54) is 5.92 Å². The molecule has 0 aromatic rings. The van der Waals surface area contributed by atoms with Gasteiger partial charge in [-0.1, -0.05) is 38.2 Å². The van der Waals surface area contributed by atoms with Crippen molar-refractivity contribution >= 4 is 0 Å². The Labute approximate surface area is 56.3 Å². The quantitative estimate of drug-likeness (QED) is 0.459. The van der Waals surface area contributed by atoms with Gasteiger partial charge in [-0.25, -0.2) is 0 Å². The van der Waals surface area contributed by atoms with Gasteiger partial charge in [-0.05, 0) is 5.41 Å². The fraction of sp³-hybridized carbons (Fsp3) is 0.444. The lowest BCUT2D eigenvalue weighted by atomic mass is 9.80. The van der Waals surface area contributed by atoms with Crippen molar-refractivity contribution in [3.05, 3.63) is 30.2 Å². The van der Waals surface area contributed by atoms with Crippen LogP contribution in [0.15, 0.2) is 24.3 Å². The van der Waals surface area contributed by atoms with Gasteiger partial charge in [-0.2, -0.15) is 0 Å². The first-order chi connectivity index (χ1) is 4.21. The van der Waals surface area contributed by atoms with E-state index in [4.69, 9.17) is 0 Å². The highest BCUT2D eigenvalue weighted by atomic mass is 14.4. The van der Waals surface area contributed by atoms with Crippen LogP contribution >= 0.6 is 0 Å². The Balaban J connectivity index is 2.40. The summed E-state index contributed by atoms with van der Waals surface area (Å²) in [4.78, 5) is 0. The smallest absolute Gasteiger partial charge is 0.0253 e. The van der Waals surface area contributed by atoms with Crippen LogP contribution in [0, 0.1) is 17.3 Å². The summed E-state index contributed by atoms with van der Waals surface area (Å²) < 4.78 is 0. The molecule has 47 valence electrons. The fourth-order valence-electron chi connectivity index (χ4n) is 1.64. The number of allylic oxidation sites excluding steroid dienone is 4. The highest BCUT2D eigenvalue weighted by Crippen LogP contribution is 2.50. The van der Waals surface area contributed by atoms with Crippen molar-refractivity contribution in [2.24, 2.45) is 11.3 Å². The molecule has 0 atom stereocenters. The summed E-state index contributed by atoms with van der Waals surface area (Å²) in [5.74, 6) is 2.18. The van der Waals surface area contributed by atoms with E-state index in [9.17, 15) is 0 Å². The van der Waals surface area contributed by atoms with Gasteiger partial charge in [0.2, 0.25) is 0 Å². The molecule has 0 fully saturated rings. The average molecular weight is 119 g/mol. The zero-order valence-corrected chi connectivity index (χ0v) is 5.89. The van der Waals surface area contributed by atoms with Gasteiger partial charge in [0.15, 0.2) is 0 Å². The van der Waals surface area contributed by atoms with Gasteiger partial charge in [-0.15, -0.1) is 0 Å². The second-order valence-electron chi connectivity index (χ2n) is 3.42. The standard InChI is InChI=1S/C9H11/c1-9(2)7-3-4-8(9)6-5-7/h3-7H,1-2H3. The normalized spacial score (nSPS) is 30.4. The topological polar surface area (TPSA) is 0 Å². The molecule has 2 bridgehead atoms. The summed E-state index contributed by atoms with van der Waals surface area (Å²) in [6.07, 6.45) is 9.06. The van der Waals surface area contributed by atoms with E-state index in [1.807, 2.05) is 0 Å². The van der Waals surface area contributed by atoms with Crippen LogP contribution in [-0.2, 0) is 0 Å². The molecule has 0 nitrogen and oxygen atoms in total. The SMILES string of the molecule is CC1(C)[C]2C=CC1C=C2. The number of hydrogen-bond donors (Lipinski definition) is 0. The molecule has 0 aliphatic heterocycles. The Morgan fingerprint density at radius 1 is 1.22 bits per heavy atom. The van der Waals surface area contributed by atoms with Gasteiger partial charge < -0.3 is 0 Å². The van der Waals surface area contributed by atoms with E-state index in [0.717, 1.165) is 0 Å². The zero-order valence-electron chi connectivity index (χ0n) is 5.89. The van der Waals surface area contributed by atoms with Gasteiger partial charge in [-0.3, -0.25) is 0 Å². The summed E-state index contributed by atoms with van der Waals surface area (Å²) >= 11 is 0. The lowest BCUT2D eigenvalue weighted by Gasteiger charge is -2.23. The van der Waals surface area contributed by atoms with E-state index in [0.29, 0.717) is 11.3 Å². The maximum absolute atomic E-state index is 2.30. The van der Waals surface area contributed by atoms with Gasteiger partial charge in [0.25, 0.3) is 0 Å². The predicted molar refractivity (Wildman–Crippen MR) is 38.8 cm³/mol. The molecule has 2 aliphatic rings. The summed E-state index contributed by atoms with van der Waals surface area (Å²) in [6, 6.07) is 0. The van der Waals surface area contributed by atoms with Gasteiger partial charge >= 0.3 is 0 Å². The molecular weight excluding hydrogens is 108 g/mol. The van der Waals surface area contributed by atoms with Crippen molar-refractivity contribution in [3.8, 4) is 0 Å². The third-order valence-corrected chi connectivity index (χ3v) is 2.54. The van der Waals surface area contributed by atoms with E-state index in [1.54, 1.807) is 0 Å². The van der Waals surface area contributed by atoms with E-state index < -0.39 is 0 Å². The predicted octanol–water partition coefficient (Wildman–Crippen LogP) is 2.34. The maximum Gasteiger partial charge on any atom is 0.0253 e. The van der Waals surface area contributed by atoms with Crippen molar-refractivity contribution in [2.45, 2.75) is 13.8 Å². The largest absolute Gasteiger partial charge is 0.0801 e. The maximum atomic E-state index is 2.30. The highest BCUT2D eigenvalue weighted by molar-refractivity contribution is 5.44. The van der Waals surface area contributed by atoms with Crippen LogP contribution in [0.25, 0.3) is 0 Å². The lowest BCUT2D eigenvalue weighted by Crippen LogP contribution is -2.16. The third kappa shape index (κ3) is 0.487. The Morgan fingerprint density at radius 3 is 1.89 bits per heavy atom. The molecule has 0 heterocycles. The van der Waals surface area contributed by atoms with Crippen LogP contribution in [0.5, 0.6) is 0 Å². The Bertz CT molecular complexity index is 152. The first-order valence-electron chi connectivity index (χ1n) is 3.45. The molecular formula is C9H11. The summed E-state index contributed by atoms with van der Waals surface area (Å²) in [7, 11) is 0. The molecule has 0 aromatic heterocycles. The second kappa shape index (κ2) is 1.31. The minimum absolute atomic E-state index is 0.417. The summed E-state index contributed by atoms with van der Waals surface area (Å²) in [6.45, 7) is 4.60. The minimum atomic E-state index is 0.417. The Morgan fingerprint density at radius 2 is 1.78 bits per heavy atom. The van der Waals surface area contributed by atoms with Gasteiger partial charge in [0, 0.05) is 11.8 Å². The second-order valence-corrected chi connectivity index (χ2v) is 3.42. The molecule has 0 amide bonds. The molecule has 0 heteroatoms. The molecule has 0 aromatic carbocycles. The van der Waals surface area contributed by atoms with Crippen LogP contribution < -0.4 is 0 Å². The van der Waals surface area contributed by atoms with Crippen molar-refractivity contribution in [1.82, 2.24) is 0 Å². The number of hydrogen-bond acceptors (Lipinski definition) is 0. The Kier molecular flexibility index (Phi) is 0.769. The molecule has 2 aliphatic carbocycles. The molecule has 1 radical (unpaired) electrons. The van der Waals surface area contributed by atoms with E-state index in [-0.39, 0.29) is 0 Å². The number of rotatable bonds is 0. The van der Waals surface area contributed by atoms with Crippen molar-refractivity contribution in [1.29, 1.82) is 0 Å². The monoisotopic (exact) mass is 119 g/mol. The minimum Gasteiger partial charge on any atom is -0.0801 e. The van der Waals surface area contributed by atoms with Crippen LogP contribution in [0.1, 0.15) is 13.8 Å². The molecule has 2 rings (SSSR count). The first kappa shape index (κ1) is 5.28. The number of fused-ring (bicyclic) bond motifs is 2. The summed E-state index contributed by atoms with van der Waals surface area (Å²) in [5, 5.41) is 0. The van der Waals surface area contributed by atoms with Crippen molar-refractivity contribution < 1.29 is 0 Å². The van der Waals surface area contributed by atoms with E-state index >= 15 is 0 Å². The van der Waals surface area contributed by atoms with Crippen molar-refractivity contribution in [3.63, 3.8) is 0 Å². The summed E-state index contributed by atoms with van der Waals surface area (Å²) in [5.41, 5.74) is 0.417. The molecule has 0 N–H and O–H groups in total. The molecule has 0 unspecified atom stereocenters. The van der Waals surface area contributed by atoms with Crippen LogP contribution in [0.4, 0.5) is 0 Å². The highest BCUT2D eigenvalue weighted by Gasteiger charge is 2.40. The Hall–Kier alpha value is -0.520. The molecule has 0 spiro atoms. The molecule has 0 saturated carbocycles. The van der Waals surface area contributed by atoms with Crippen LogP contribution in [-0.4, -0.2) is 0 Å². The third-order valence-electron chi connectivity index (χ3n) is 2.54. The van der Waals surface area contributed by atoms with Crippen molar-refractivity contribution in [2.75, 3.05) is 0 Å². The molecule has 0 saturated heterocycles. The van der Waals surface area contributed by atoms with Gasteiger partial charge in [0.1, 0.15) is 0 Å². The van der Waals surface area contributed by atoms with Gasteiger partial charge in [0.05, 0.1) is 0 Å². The zero-order chi connectivity index (χ0) is 6.48. The van der Waals surface area contributed by atoms with E-state index in [2.05, 4.69) is 38.2 Å².